The number of hydrogen-bond acceptors (Lipinski definition) is 3. The predicted octanol–water partition coefficient (Wildman–Crippen LogP) is 4.05. The molecule has 0 aromatic heterocycles. The Morgan fingerprint density at radius 1 is 1.35 bits per heavy atom. The summed E-state index contributed by atoms with van der Waals surface area (Å²) in [6, 6.07) is 8.30. The van der Waals surface area contributed by atoms with E-state index in [2.05, 4.69) is 58.3 Å². The van der Waals surface area contributed by atoms with E-state index in [1.54, 1.807) is 0 Å². The van der Waals surface area contributed by atoms with Crippen LogP contribution in [0.25, 0.3) is 0 Å². The van der Waals surface area contributed by atoms with Gasteiger partial charge in [-0.15, -0.1) is 24.0 Å². The molecule has 0 aliphatic carbocycles. The van der Waals surface area contributed by atoms with Gasteiger partial charge in [0.2, 0.25) is 0 Å². The second kappa shape index (κ2) is 13.7. The van der Waals surface area contributed by atoms with E-state index in [4.69, 9.17) is 14.5 Å². The Labute approximate surface area is 183 Å². The number of halogens is 2. The molecule has 1 heterocycles. The highest BCUT2D eigenvalue weighted by molar-refractivity contribution is 14.0. The summed E-state index contributed by atoms with van der Waals surface area (Å²) in [5.74, 6) is 0.935. The Bertz CT molecular complexity index is 539. The highest BCUT2D eigenvalue weighted by Crippen LogP contribution is 2.17. The first-order valence-corrected chi connectivity index (χ1v) is 9.92. The van der Waals surface area contributed by atoms with Crippen LogP contribution >= 0.6 is 39.9 Å². The molecule has 2 rings (SSSR count). The summed E-state index contributed by atoms with van der Waals surface area (Å²) in [4.78, 5) is 6.89. The van der Waals surface area contributed by atoms with Crippen LogP contribution in [0.4, 0.5) is 0 Å². The first-order chi connectivity index (χ1) is 12.2. The molecule has 0 unspecified atom stereocenters. The molecule has 0 radical (unpaired) electrons. The van der Waals surface area contributed by atoms with Gasteiger partial charge in [-0.05, 0) is 37.8 Å². The van der Waals surface area contributed by atoms with Crippen LogP contribution in [-0.4, -0.2) is 56.9 Å². The molecule has 0 amide bonds. The smallest absolute Gasteiger partial charge is 0.193 e. The van der Waals surface area contributed by atoms with E-state index in [1.165, 1.54) is 5.56 Å². The molecule has 1 aromatic carbocycles. The predicted molar refractivity (Wildman–Crippen MR) is 121 cm³/mol. The van der Waals surface area contributed by atoms with E-state index in [1.807, 2.05) is 6.07 Å². The summed E-state index contributed by atoms with van der Waals surface area (Å²) < 4.78 is 12.4. The van der Waals surface area contributed by atoms with Gasteiger partial charge in [-0.1, -0.05) is 34.1 Å². The molecule has 5 nitrogen and oxygen atoms in total. The fraction of sp³-hybridized carbons (Fsp3) is 0.632. The lowest BCUT2D eigenvalue weighted by molar-refractivity contribution is -0.0318. The zero-order valence-electron chi connectivity index (χ0n) is 15.7. The van der Waals surface area contributed by atoms with Crippen molar-refractivity contribution in [2.45, 2.75) is 38.8 Å². The first kappa shape index (κ1) is 23.7. The number of guanidine groups is 1. The minimum absolute atomic E-state index is 0. The molecular formula is C19H31BrIN3O2. The number of nitrogens with zero attached hydrogens (tertiary/aromatic N) is 2. The Kier molecular flexibility index (Phi) is 12.5. The van der Waals surface area contributed by atoms with Crippen molar-refractivity contribution in [1.82, 2.24) is 10.2 Å². The van der Waals surface area contributed by atoms with Crippen LogP contribution in [0.15, 0.2) is 33.7 Å². The standard InChI is InChI=1S/C19H30BrN3O2.HI/c1-3-21-19(23(2)15-16-7-4-5-8-18(16)20)22-11-6-12-25-17-9-13-24-14-10-17;/h4-5,7-8,17H,3,6,9-15H2,1-2H3,(H,21,22);1H. The van der Waals surface area contributed by atoms with Crippen molar-refractivity contribution in [2.75, 3.05) is 40.0 Å². The summed E-state index contributed by atoms with van der Waals surface area (Å²) in [6.07, 6.45) is 3.33. The van der Waals surface area contributed by atoms with Crippen molar-refractivity contribution < 1.29 is 9.47 Å². The SMILES string of the molecule is CCNC(=NCCCOC1CCOCC1)N(C)Cc1ccccc1Br.I. The van der Waals surface area contributed by atoms with E-state index in [9.17, 15) is 0 Å². The van der Waals surface area contributed by atoms with Gasteiger partial charge in [0.1, 0.15) is 0 Å². The van der Waals surface area contributed by atoms with Gasteiger partial charge in [0, 0.05) is 51.0 Å². The molecule has 148 valence electrons. The summed E-state index contributed by atoms with van der Waals surface area (Å²) >= 11 is 3.61. The van der Waals surface area contributed by atoms with Crippen molar-refractivity contribution in [1.29, 1.82) is 0 Å². The van der Waals surface area contributed by atoms with Crippen molar-refractivity contribution >= 4 is 45.9 Å². The van der Waals surface area contributed by atoms with Crippen molar-refractivity contribution in [2.24, 2.45) is 4.99 Å². The second-order valence-electron chi connectivity index (χ2n) is 6.22. The molecule has 0 atom stereocenters. The van der Waals surface area contributed by atoms with E-state index in [0.717, 1.165) is 69.1 Å². The van der Waals surface area contributed by atoms with E-state index < -0.39 is 0 Å². The lowest BCUT2D eigenvalue weighted by Crippen LogP contribution is -2.38. The molecule has 1 saturated heterocycles. The van der Waals surface area contributed by atoms with Crippen LogP contribution in [0.5, 0.6) is 0 Å². The minimum atomic E-state index is 0. The van der Waals surface area contributed by atoms with Gasteiger partial charge in [0.15, 0.2) is 5.96 Å². The monoisotopic (exact) mass is 539 g/mol. The molecule has 1 aromatic rings. The molecule has 1 aliphatic heterocycles. The van der Waals surface area contributed by atoms with Gasteiger partial charge in [0.25, 0.3) is 0 Å². The normalized spacial score (nSPS) is 15.4. The molecule has 1 fully saturated rings. The van der Waals surface area contributed by atoms with Gasteiger partial charge in [0.05, 0.1) is 6.10 Å². The number of nitrogens with one attached hydrogen (secondary N) is 1. The van der Waals surface area contributed by atoms with Gasteiger partial charge < -0.3 is 19.7 Å². The molecule has 1 aliphatic rings. The van der Waals surface area contributed by atoms with E-state index in [0.29, 0.717) is 6.10 Å². The lowest BCUT2D eigenvalue weighted by atomic mass is 10.1. The Hall–Kier alpha value is -0.380. The topological polar surface area (TPSA) is 46.1 Å². The van der Waals surface area contributed by atoms with Crippen LogP contribution in [0.2, 0.25) is 0 Å². The summed E-state index contributed by atoms with van der Waals surface area (Å²) in [7, 11) is 2.07. The summed E-state index contributed by atoms with van der Waals surface area (Å²) in [6.45, 7) is 6.95. The van der Waals surface area contributed by atoms with Gasteiger partial charge in [-0.25, -0.2) is 0 Å². The van der Waals surface area contributed by atoms with Crippen LogP contribution in [-0.2, 0) is 16.0 Å². The average Bonchev–Trinajstić information content (AvgIpc) is 2.63. The second-order valence-corrected chi connectivity index (χ2v) is 7.07. The fourth-order valence-electron chi connectivity index (χ4n) is 2.77. The molecule has 7 heteroatoms. The van der Waals surface area contributed by atoms with E-state index >= 15 is 0 Å². The third-order valence-electron chi connectivity index (χ3n) is 4.15. The van der Waals surface area contributed by atoms with Crippen LogP contribution in [0.1, 0.15) is 31.7 Å². The number of benzene rings is 1. The minimum Gasteiger partial charge on any atom is -0.381 e. The maximum Gasteiger partial charge on any atom is 0.193 e. The summed E-state index contributed by atoms with van der Waals surface area (Å²) in [5, 5.41) is 3.37. The Morgan fingerprint density at radius 2 is 2.08 bits per heavy atom. The molecular weight excluding hydrogens is 509 g/mol. The maximum absolute atomic E-state index is 5.91. The van der Waals surface area contributed by atoms with Crippen LogP contribution in [0.3, 0.4) is 0 Å². The van der Waals surface area contributed by atoms with Crippen LogP contribution in [0, 0.1) is 0 Å². The average molecular weight is 540 g/mol. The zero-order valence-corrected chi connectivity index (χ0v) is 19.7. The number of rotatable bonds is 8. The lowest BCUT2D eigenvalue weighted by Gasteiger charge is -2.23. The molecule has 26 heavy (non-hydrogen) atoms. The van der Waals surface area contributed by atoms with Crippen molar-refractivity contribution in [3.8, 4) is 0 Å². The maximum atomic E-state index is 5.91. The Morgan fingerprint density at radius 3 is 2.77 bits per heavy atom. The fourth-order valence-corrected chi connectivity index (χ4v) is 3.18. The zero-order chi connectivity index (χ0) is 17.9. The van der Waals surface area contributed by atoms with Crippen LogP contribution < -0.4 is 5.32 Å². The number of aliphatic imine (C=N–C) groups is 1. The van der Waals surface area contributed by atoms with Gasteiger partial charge in [-0.3, -0.25) is 4.99 Å². The largest absolute Gasteiger partial charge is 0.381 e. The van der Waals surface area contributed by atoms with Gasteiger partial charge >= 0.3 is 0 Å². The first-order valence-electron chi connectivity index (χ1n) is 9.13. The van der Waals surface area contributed by atoms with Gasteiger partial charge in [-0.2, -0.15) is 0 Å². The number of ether oxygens (including phenoxy) is 2. The van der Waals surface area contributed by atoms with Crippen molar-refractivity contribution in [3.05, 3.63) is 34.3 Å². The molecule has 0 bridgehead atoms. The third kappa shape index (κ3) is 8.54. The molecule has 0 spiro atoms. The highest BCUT2D eigenvalue weighted by atomic mass is 127. The third-order valence-corrected chi connectivity index (χ3v) is 4.92. The summed E-state index contributed by atoms with van der Waals surface area (Å²) in [5.41, 5.74) is 1.25. The molecule has 0 saturated carbocycles. The van der Waals surface area contributed by atoms with Crippen molar-refractivity contribution in [3.63, 3.8) is 0 Å². The molecule has 1 N–H and O–H groups in total. The number of hydrogen-bond donors (Lipinski definition) is 1. The van der Waals surface area contributed by atoms with E-state index in [-0.39, 0.29) is 24.0 Å². The highest BCUT2D eigenvalue weighted by Gasteiger charge is 2.13. The Balaban J connectivity index is 0.00000338. The quantitative estimate of drug-likeness (QED) is 0.234.